The molecule has 2 aromatic heterocycles. The number of imidazole rings is 1. The number of aromatic nitrogens is 2. The summed E-state index contributed by atoms with van der Waals surface area (Å²) in [5, 5.41) is 0. The summed E-state index contributed by atoms with van der Waals surface area (Å²) in [5.41, 5.74) is 2.13. The van der Waals surface area contributed by atoms with Gasteiger partial charge in [-0.05, 0) is 37.0 Å². The van der Waals surface area contributed by atoms with Crippen molar-refractivity contribution in [1.29, 1.82) is 0 Å². The molecule has 0 saturated carbocycles. The van der Waals surface area contributed by atoms with Crippen molar-refractivity contribution in [2.75, 3.05) is 7.11 Å². The highest BCUT2D eigenvalue weighted by Gasteiger charge is 2.18. The fourth-order valence-electron chi connectivity index (χ4n) is 2.39. The van der Waals surface area contributed by atoms with E-state index in [0.717, 1.165) is 31.4 Å². The maximum Gasteiger partial charge on any atom is 0.333 e. The third-order valence-electron chi connectivity index (χ3n) is 3.48. The molecule has 0 aromatic carbocycles. The van der Waals surface area contributed by atoms with Crippen LogP contribution >= 0.6 is 11.3 Å². The molecule has 20 heavy (non-hydrogen) atoms. The molecule has 1 aliphatic carbocycles. The van der Waals surface area contributed by atoms with Gasteiger partial charge >= 0.3 is 5.97 Å². The van der Waals surface area contributed by atoms with Gasteiger partial charge in [-0.3, -0.25) is 0 Å². The second-order valence-corrected chi connectivity index (χ2v) is 5.98. The number of aryl methyl sites for hydroxylation is 3. The summed E-state index contributed by atoms with van der Waals surface area (Å²) in [6, 6.07) is 2.27. The molecule has 0 atom stereocenters. The van der Waals surface area contributed by atoms with Crippen LogP contribution in [0.15, 0.2) is 30.4 Å². The quantitative estimate of drug-likeness (QED) is 0.813. The van der Waals surface area contributed by atoms with Crippen molar-refractivity contribution in [3.05, 3.63) is 45.7 Å². The summed E-state index contributed by atoms with van der Waals surface area (Å²) in [6.45, 7) is 0.937. The fraction of sp³-hybridized carbons (Fsp3) is 0.333. The average Bonchev–Trinajstić information content (AvgIpc) is 3.12. The van der Waals surface area contributed by atoms with Crippen LogP contribution in [0.3, 0.4) is 0 Å². The molecular formula is C15H16N2O2S. The van der Waals surface area contributed by atoms with E-state index >= 15 is 0 Å². The first-order valence-corrected chi connectivity index (χ1v) is 7.44. The maximum absolute atomic E-state index is 11.6. The minimum Gasteiger partial charge on any atom is -0.466 e. The van der Waals surface area contributed by atoms with Crippen LogP contribution in [0.5, 0.6) is 0 Å². The van der Waals surface area contributed by atoms with E-state index in [9.17, 15) is 4.79 Å². The third-order valence-corrected chi connectivity index (χ3v) is 4.67. The fourth-order valence-corrected chi connectivity index (χ4v) is 3.56. The third kappa shape index (κ3) is 2.67. The van der Waals surface area contributed by atoms with Crippen molar-refractivity contribution >= 4 is 23.4 Å². The Kier molecular flexibility index (Phi) is 3.69. The lowest BCUT2D eigenvalue weighted by Gasteiger charge is -2.10. The van der Waals surface area contributed by atoms with Crippen molar-refractivity contribution in [3.8, 4) is 0 Å². The smallest absolute Gasteiger partial charge is 0.333 e. The van der Waals surface area contributed by atoms with Crippen LogP contribution in [0.25, 0.3) is 6.08 Å². The van der Waals surface area contributed by atoms with Gasteiger partial charge in [-0.1, -0.05) is 0 Å². The number of ether oxygens (including phenoxy) is 1. The second kappa shape index (κ2) is 5.63. The monoisotopic (exact) mass is 288 g/mol. The molecule has 0 unspecified atom stereocenters. The lowest BCUT2D eigenvalue weighted by Crippen LogP contribution is -2.08. The zero-order chi connectivity index (χ0) is 13.9. The van der Waals surface area contributed by atoms with E-state index in [1.54, 1.807) is 17.5 Å². The minimum absolute atomic E-state index is 0.205. The van der Waals surface area contributed by atoms with Crippen molar-refractivity contribution < 1.29 is 9.53 Å². The molecule has 5 heteroatoms. The van der Waals surface area contributed by atoms with Gasteiger partial charge in [0, 0.05) is 34.3 Å². The van der Waals surface area contributed by atoms with Crippen LogP contribution in [0.4, 0.5) is 0 Å². The number of hydrogen-bond acceptors (Lipinski definition) is 4. The first-order valence-electron chi connectivity index (χ1n) is 6.62. The summed E-state index contributed by atoms with van der Waals surface area (Å²) in [7, 11) is 1.43. The number of carbonyl (C=O) groups excluding carboxylic acids is 1. The first-order chi connectivity index (χ1) is 9.76. The van der Waals surface area contributed by atoms with Crippen LogP contribution in [-0.4, -0.2) is 22.6 Å². The summed E-state index contributed by atoms with van der Waals surface area (Å²) < 4.78 is 6.87. The normalized spacial score (nSPS) is 13.8. The molecule has 1 aliphatic rings. The Morgan fingerprint density at radius 1 is 1.50 bits per heavy atom. The summed E-state index contributed by atoms with van der Waals surface area (Å²) in [6.07, 6.45) is 10.3. The number of carbonyl (C=O) groups is 1. The molecule has 0 spiro atoms. The maximum atomic E-state index is 11.6. The number of rotatable bonds is 4. The van der Waals surface area contributed by atoms with Gasteiger partial charge in [0.05, 0.1) is 13.4 Å². The van der Waals surface area contributed by atoms with Gasteiger partial charge in [0.1, 0.15) is 0 Å². The Balaban J connectivity index is 1.73. The van der Waals surface area contributed by atoms with E-state index in [4.69, 9.17) is 4.74 Å². The topological polar surface area (TPSA) is 44.1 Å². The van der Waals surface area contributed by atoms with Crippen LogP contribution in [-0.2, 0) is 28.9 Å². The van der Waals surface area contributed by atoms with E-state index in [1.165, 1.54) is 22.4 Å². The van der Waals surface area contributed by atoms with Crippen molar-refractivity contribution in [3.63, 3.8) is 0 Å². The second-order valence-electron chi connectivity index (χ2n) is 4.81. The molecule has 3 rings (SSSR count). The van der Waals surface area contributed by atoms with Crippen LogP contribution in [0, 0.1) is 0 Å². The zero-order valence-electron chi connectivity index (χ0n) is 11.3. The van der Waals surface area contributed by atoms with Crippen LogP contribution < -0.4 is 0 Å². The highest BCUT2D eigenvalue weighted by Crippen LogP contribution is 2.32. The molecule has 0 N–H and O–H groups in total. The number of hydrogen-bond donors (Lipinski definition) is 0. The van der Waals surface area contributed by atoms with E-state index in [1.807, 2.05) is 18.6 Å². The van der Waals surface area contributed by atoms with Crippen molar-refractivity contribution in [2.45, 2.75) is 25.8 Å². The van der Waals surface area contributed by atoms with E-state index in [-0.39, 0.29) is 5.97 Å². The number of esters is 1. The summed E-state index contributed by atoms with van der Waals surface area (Å²) in [4.78, 5) is 18.2. The SMILES string of the molecule is COC(=O)C1=Cc2sc(CCn3ccnc3)cc2CC1. The standard InChI is InChI=1S/C15H16N2O2S/c1-19-15(18)12-3-2-11-8-13(20-14(11)9-12)4-6-17-7-5-16-10-17/h5,7-10H,2-4,6H2,1H3. The summed E-state index contributed by atoms with van der Waals surface area (Å²) >= 11 is 1.77. The molecule has 0 aliphatic heterocycles. The molecule has 2 heterocycles. The van der Waals surface area contributed by atoms with Gasteiger partial charge in [-0.2, -0.15) is 0 Å². The van der Waals surface area contributed by atoms with Crippen LogP contribution in [0.1, 0.15) is 21.7 Å². The van der Waals surface area contributed by atoms with E-state index in [2.05, 4.69) is 15.6 Å². The molecule has 2 aromatic rings. The van der Waals surface area contributed by atoms with Gasteiger partial charge in [-0.25, -0.2) is 9.78 Å². The van der Waals surface area contributed by atoms with Gasteiger partial charge in [-0.15, -0.1) is 11.3 Å². The van der Waals surface area contributed by atoms with Crippen molar-refractivity contribution in [2.24, 2.45) is 0 Å². The Morgan fingerprint density at radius 3 is 3.15 bits per heavy atom. The van der Waals surface area contributed by atoms with Crippen LogP contribution in [0.2, 0.25) is 0 Å². The molecule has 0 saturated heterocycles. The molecule has 4 nitrogen and oxygen atoms in total. The molecular weight excluding hydrogens is 272 g/mol. The Morgan fingerprint density at radius 2 is 2.40 bits per heavy atom. The molecule has 104 valence electrons. The number of thiophene rings is 1. The highest BCUT2D eigenvalue weighted by atomic mass is 32.1. The molecule has 0 amide bonds. The lowest BCUT2D eigenvalue weighted by molar-refractivity contribution is -0.136. The van der Waals surface area contributed by atoms with Gasteiger partial charge in [0.15, 0.2) is 0 Å². The number of fused-ring (bicyclic) bond motifs is 1. The predicted octanol–water partition coefficient (Wildman–Crippen LogP) is 2.69. The van der Waals surface area contributed by atoms with E-state index in [0.29, 0.717) is 0 Å². The highest BCUT2D eigenvalue weighted by molar-refractivity contribution is 7.13. The van der Waals surface area contributed by atoms with E-state index < -0.39 is 0 Å². The number of nitrogens with zero attached hydrogens (tertiary/aromatic N) is 2. The lowest BCUT2D eigenvalue weighted by atomic mass is 9.98. The Bertz CT molecular complexity index is 641. The predicted molar refractivity (Wildman–Crippen MR) is 78.6 cm³/mol. The number of methoxy groups -OCH3 is 1. The molecule has 0 bridgehead atoms. The Labute approximate surface area is 121 Å². The first kappa shape index (κ1) is 13.1. The minimum atomic E-state index is -0.205. The Hall–Kier alpha value is -1.88. The average molecular weight is 288 g/mol. The van der Waals surface area contributed by atoms with Gasteiger partial charge in [0.2, 0.25) is 0 Å². The van der Waals surface area contributed by atoms with Gasteiger partial charge in [0.25, 0.3) is 0 Å². The zero-order valence-corrected chi connectivity index (χ0v) is 12.2. The molecule has 0 radical (unpaired) electrons. The largest absolute Gasteiger partial charge is 0.466 e. The van der Waals surface area contributed by atoms with Gasteiger partial charge < -0.3 is 9.30 Å². The van der Waals surface area contributed by atoms with Crippen molar-refractivity contribution in [1.82, 2.24) is 9.55 Å². The molecule has 0 fully saturated rings. The summed E-state index contributed by atoms with van der Waals surface area (Å²) in [5.74, 6) is -0.205.